The SMILES string of the molecule is CNC(=O)CNS(=O)(=O)c1c(C)c(C)c(C)c(C)c1C. The Morgan fingerprint density at radius 2 is 1.30 bits per heavy atom. The molecule has 112 valence electrons. The van der Waals surface area contributed by atoms with Crippen LogP contribution in [0.15, 0.2) is 4.90 Å². The number of carbonyl (C=O) groups is 1. The number of benzene rings is 1. The van der Waals surface area contributed by atoms with Gasteiger partial charge in [0.2, 0.25) is 15.9 Å². The first kappa shape index (κ1) is 16.7. The highest BCUT2D eigenvalue weighted by Crippen LogP contribution is 2.29. The Morgan fingerprint density at radius 3 is 1.70 bits per heavy atom. The van der Waals surface area contributed by atoms with E-state index >= 15 is 0 Å². The number of likely N-dealkylation sites (N-methyl/N-ethyl adjacent to an activating group) is 1. The molecule has 1 rings (SSSR count). The van der Waals surface area contributed by atoms with Gasteiger partial charge in [-0.15, -0.1) is 0 Å². The van der Waals surface area contributed by atoms with Crippen LogP contribution in [0, 0.1) is 34.6 Å². The van der Waals surface area contributed by atoms with E-state index in [1.54, 1.807) is 13.8 Å². The Hall–Kier alpha value is -1.40. The van der Waals surface area contributed by atoms with E-state index in [1.165, 1.54) is 7.05 Å². The number of carbonyl (C=O) groups excluding carboxylic acids is 1. The number of sulfonamides is 1. The molecule has 0 spiro atoms. The first-order valence-corrected chi connectivity index (χ1v) is 7.89. The van der Waals surface area contributed by atoms with Crippen molar-refractivity contribution in [2.75, 3.05) is 13.6 Å². The van der Waals surface area contributed by atoms with Crippen molar-refractivity contribution in [2.24, 2.45) is 0 Å². The minimum atomic E-state index is -3.70. The molecule has 1 aromatic rings. The lowest BCUT2D eigenvalue weighted by Crippen LogP contribution is -2.35. The van der Waals surface area contributed by atoms with Gasteiger partial charge in [-0.3, -0.25) is 4.79 Å². The molecule has 20 heavy (non-hydrogen) atoms. The van der Waals surface area contributed by atoms with Gasteiger partial charge in [0.1, 0.15) is 0 Å². The monoisotopic (exact) mass is 298 g/mol. The van der Waals surface area contributed by atoms with E-state index in [-0.39, 0.29) is 17.3 Å². The number of nitrogens with one attached hydrogen (secondary N) is 2. The predicted octanol–water partition coefficient (Wildman–Crippen LogP) is 1.25. The molecule has 0 aliphatic rings. The van der Waals surface area contributed by atoms with Gasteiger partial charge in [0.15, 0.2) is 0 Å². The molecule has 6 heteroatoms. The van der Waals surface area contributed by atoms with Gasteiger partial charge in [-0.2, -0.15) is 0 Å². The fourth-order valence-electron chi connectivity index (χ4n) is 2.19. The largest absolute Gasteiger partial charge is 0.358 e. The van der Waals surface area contributed by atoms with Crippen LogP contribution in [0.1, 0.15) is 27.8 Å². The van der Waals surface area contributed by atoms with E-state index in [2.05, 4.69) is 10.0 Å². The first-order valence-electron chi connectivity index (χ1n) is 6.40. The second-order valence-electron chi connectivity index (χ2n) is 4.95. The van der Waals surface area contributed by atoms with Crippen molar-refractivity contribution in [2.45, 2.75) is 39.5 Å². The normalized spacial score (nSPS) is 11.5. The molecule has 0 aliphatic carbocycles. The van der Waals surface area contributed by atoms with Gasteiger partial charge in [-0.25, -0.2) is 13.1 Å². The average Bonchev–Trinajstić information content (AvgIpc) is 2.40. The molecule has 5 nitrogen and oxygen atoms in total. The fraction of sp³-hybridized carbons (Fsp3) is 0.500. The van der Waals surface area contributed by atoms with E-state index in [1.807, 2.05) is 20.8 Å². The molecule has 0 unspecified atom stereocenters. The molecule has 0 saturated heterocycles. The van der Waals surface area contributed by atoms with Crippen LogP contribution in [0.5, 0.6) is 0 Å². The van der Waals surface area contributed by atoms with E-state index in [0.717, 1.165) is 27.8 Å². The van der Waals surface area contributed by atoms with E-state index in [0.29, 0.717) is 0 Å². The topological polar surface area (TPSA) is 75.3 Å². The van der Waals surface area contributed by atoms with Crippen molar-refractivity contribution < 1.29 is 13.2 Å². The second-order valence-corrected chi connectivity index (χ2v) is 6.66. The third kappa shape index (κ3) is 3.02. The van der Waals surface area contributed by atoms with E-state index in [9.17, 15) is 13.2 Å². The van der Waals surface area contributed by atoms with Crippen LogP contribution in [0.25, 0.3) is 0 Å². The third-order valence-electron chi connectivity index (χ3n) is 3.90. The van der Waals surface area contributed by atoms with Crippen molar-refractivity contribution in [1.82, 2.24) is 10.0 Å². The Morgan fingerprint density at radius 1 is 0.900 bits per heavy atom. The van der Waals surface area contributed by atoms with Crippen molar-refractivity contribution in [1.29, 1.82) is 0 Å². The summed E-state index contributed by atoms with van der Waals surface area (Å²) in [6.45, 7) is 9.14. The van der Waals surface area contributed by atoms with Gasteiger partial charge < -0.3 is 5.32 Å². The molecule has 0 heterocycles. The molecular weight excluding hydrogens is 276 g/mol. The number of rotatable bonds is 4. The molecule has 2 N–H and O–H groups in total. The molecule has 0 bridgehead atoms. The first-order chi connectivity index (χ1) is 9.13. The van der Waals surface area contributed by atoms with E-state index < -0.39 is 10.0 Å². The summed E-state index contributed by atoms with van der Waals surface area (Å²) in [5, 5.41) is 2.38. The highest BCUT2D eigenvalue weighted by atomic mass is 32.2. The van der Waals surface area contributed by atoms with Gasteiger partial charge >= 0.3 is 0 Å². The summed E-state index contributed by atoms with van der Waals surface area (Å²) in [5.41, 5.74) is 4.50. The smallest absolute Gasteiger partial charge is 0.241 e. The summed E-state index contributed by atoms with van der Waals surface area (Å²) in [6.07, 6.45) is 0. The highest BCUT2D eigenvalue weighted by Gasteiger charge is 2.23. The van der Waals surface area contributed by atoms with Gasteiger partial charge in [-0.1, -0.05) is 0 Å². The summed E-state index contributed by atoms with van der Waals surface area (Å²) in [6, 6.07) is 0. The fourth-order valence-corrected chi connectivity index (χ4v) is 3.77. The van der Waals surface area contributed by atoms with E-state index in [4.69, 9.17) is 0 Å². The molecular formula is C14H22N2O3S. The number of amides is 1. The summed E-state index contributed by atoms with van der Waals surface area (Å²) in [4.78, 5) is 11.5. The van der Waals surface area contributed by atoms with Crippen LogP contribution in [-0.2, 0) is 14.8 Å². The molecule has 0 radical (unpaired) electrons. The van der Waals surface area contributed by atoms with Crippen LogP contribution in [0.2, 0.25) is 0 Å². The van der Waals surface area contributed by atoms with Crippen LogP contribution in [0.4, 0.5) is 0 Å². The zero-order valence-corrected chi connectivity index (χ0v) is 13.7. The van der Waals surface area contributed by atoms with Crippen molar-refractivity contribution >= 4 is 15.9 Å². The predicted molar refractivity (Wildman–Crippen MR) is 79.4 cm³/mol. The quantitative estimate of drug-likeness (QED) is 0.878. The lowest BCUT2D eigenvalue weighted by Gasteiger charge is -2.18. The molecule has 0 aliphatic heterocycles. The molecule has 0 fully saturated rings. The third-order valence-corrected chi connectivity index (χ3v) is 5.58. The Balaban J connectivity index is 3.36. The maximum absolute atomic E-state index is 12.4. The Labute approximate surface area is 120 Å². The van der Waals surface area contributed by atoms with Gasteiger partial charge in [0, 0.05) is 7.05 Å². The summed E-state index contributed by atoms with van der Waals surface area (Å²) in [5.74, 6) is -0.371. The Bertz CT molecular complexity index is 620. The molecule has 0 aromatic heterocycles. The van der Waals surface area contributed by atoms with Crippen LogP contribution < -0.4 is 10.0 Å². The standard InChI is InChI=1S/C14H22N2O3S/c1-8-9(2)11(4)14(12(5)10(8)3)20(18,19)16-7-13(17)15-6/h16H,7H2,1-6H3,(H,15,17). The maximum Gasteiger partial charge on any atom is 0.241 e. The lowest BCUT2D eigenvalue weighted by atomic mass is 9.95. The van der Waals surface area contributed by atoms with Gasteiger partial charge in [-0.05, 0) is 62.4 Å². The summed E-state index contributed by atoms with van der Waals surface area (Å²) >= 11 is 0. The molecule has 0 atom stereocenters. The Kier molecular flexibility index (Phi) is 4.94. The minimum Gasteiger partial charge on any atom is -0.358 e. The van der Waals surface area contributed by atoms with Gasteiger partial charge in [0.25, 0.3) is 0 Å². The van der Waals surface area contributed by atoms with Crippen LogP contribution >= 0.6 is 0 Å². The minimum absolute atomic E-state index is 0.260. The average molecular weight is 298 g/mol. The number of hydrogen-bond donors (Lipinski definition) is 2. The number of hydrogen-bond acceptors (Lipinski definition) is 3. The molecule has 1 aromatic carbocycles. The summed E-state index contributed by atoms with van der Waals surface area (Å²) in [7, 11) is -2.23. The highest BCUT2D eigenvalue weighted by molar-refractivity contribution is 7.89. The zero-order valence-electron chi connectivity index (χ0n) is 12.8. The zero-order chi connectivity index (χ0) is 15.7. The van der Waals surface area contributed by atoms with Gasteiger partial charge in [0.05, 0.1) is 11.4 Å². The second kappa shape index (κ2) is 5.93. The van der Waals surface area contributed by atoms with Crippen LogP contribution in [-0.4, -0.2) is 27.9 Å². The lowest BCUT2D eigenvalue weighted by molar-refractivity contribution is -0.119. The molecule has 1 amide bonds. The maximum atomic E-state index is 12.4. The van der Waals surface area contributed by atoms with Crippen LogP contribution in [0.3, 0.4) is 0 Å². The molecule has 0 saturated carbocycles. The summed E-state index contributed by atoms with van der Waals surface area (Å²) < 4.78 is 27.2. The van der Waals surface area contributed by atoms with Crippen molar-refractivity contribution in [3.8, 4) is 0 Å². The van der Waals surface area contributed by atoms with Crippen molar-refractivity contribution in [3.63, 3.8) is 0 Å². The van der Waals surface area contributed by atoms with Crippen molar-refractivity contribution in [3.05, 3.63) is 27.8 Å².